The van der Waals surface area contributed by atoms with E-state index < -0.39 is 0 Å². The van der Waals surface area contributed by atoms with E-state index in [4.69, 9.17) is 0 Å². The predicted octanol–water partition coefficient (Wildman–Crippen LogP) is 3.56. The molecule has 0 heterocycles. The molecule has 0 aromatic carbocycles. The molecule has 0 N–H and O–H groups in total. The van der Waals surface area contributed by atoms with Crippen molar-refractivity contribution >= 4 is 0 Å². The molecule has 0 nitrogen and oxygen atoms in total. The van der Waals surface area contributed by atoms with Gasteiger partial charge >= 0.3 is 0 Å². The molecule has 0 fully saturated rings. The highest BCUT2D eigenvalue weighted by atomic mass is 13.8. The summed E-state index contributed by atoms with van der Waals surface area (Å²) in [5.41, 5.74) is 0. The molecule has 0 saturated carbocycles. The summed E-state index contributed by atoms with van der Waals surface area (Å²) in [6, 6.07) is 0. The smallest absolute Gasteiger partial charge is 0.0166 e. The van der Waals surface area contributed by atoms with Crippen LogP contribution in [-0.2, 0) is 0 Å². The van der Waals surface area contributed by atoms with E-state index >= 15 is 0 Å². The Bertz CT molecular complexity index is 211. The Morgan fingerprint density at radius 3 is 1.33 bits per heavy atom. The van der Waals surface area contributed by atoms with Gasteiger partial charge in [0.05, 0.1) is 0 Å². The third kappa shape index (κ3) is 4.51. The molecule has 0 bridgehead atoms. The Hall–Kier alpha value is -1.30. The van der Waals surface area contributed by atoms with Gasteiger partial charge in [-0.1, -0.05) is 60.8 Å². The minimum absolute atomic E-state index is 1.03. The van der Waals surface area contributed by atoms with E-state index in [1.807, 2.05) is 24.3 Å². The van der Waals surface area contributed by atoms with Crippen molar-refractivity contribution in [2.45, 2.75) is 12.8 Å². The fourth-order valence-corrected chi connectivity index (χ4v) is 0.920. The summed E-state index contributed by atoms with van der Waals surface area (Å²) >= 11 is 0. The first-order valence-electron chi connectivity index (χ1n) is 4.30. The van der Waals surface area contributed by atoms with Gasteiger partial charge in [0.1, 0.15) is 0 Å². The van der Waals surface area contributed by atoms with Gasteiger partial charge in [-0.3, -0.25) is 0 Å². The van der Waals surface area contributed by atoms with Crippen molar-refractivity contribution in [3.8, 4) is 0 Å². The van der Waals surface area contributed by atoms with Crippen molar-refractivity contribution < 1.29 is 0 Å². The lowest BCUT2D eigenvalue weighted by Crippen LogP contribution is -1.62. The van der Waals surface area contributed by atoms with Crippen LogP contribution >= 0.6 is 0 Å². The van der Waals surface area contributed by atoms with Crippen LogP contribution in [0.2, 0.25) is 0 Å². The van der Waals surface area contributed by atoms with Crippen molar-refractivity contribution in [3.63, 3.8) is 0 Å². The number of hydrogen-bond acceptors (Lipinski definition) is 0. The SMILES string of the molecule is C1=CC/C=C/C/C=C/C=C\C=C\1. The molecule has 0 aromatic heterocycles. The number of hydrogen-bond donors (Lipinski definition) is 0. The van der Waals surface area contributed by atoms with Crippen molar-refractivity contribution in [2.75, 3.05) is 0 Å². The standard InChI is InChI=1S/C12H14/c1-2-4-6-8-10-12-11-9-7-5-3-1/h1-8,11-12H,9-10H2/b3-1-,4-2+,7-5+,8-6?,12-11+. The van der Waals surface area contributed by atoms with E-state index in [-0.39, 0.29) is 0 Å². The summed E-state index contributed by atoms with van der Waals surface area (Å²) < 4.78 is 0. The molecule has 0 atom stereocenters. The molecule has 0 amide bonds. The van der Waals surface area contributed by atoms with Gasteiger partial charge in [0, 0.05) is 0 Å². The molecule has 0 unspecified atom stereocenters. The molecule has 12 heavy (non-hydrogen) atoms. The van der Waals surface area contributed by atoms with Crippen LogP contribution in [0.15, 0.2) is 60.8 Å². The highest BCUT2D eigenvalue weighted by molar-refractivity contribution is 5.16. The Labute approximate surface area is 74.3 Å². The molecule has 0 saturated heterocycles. The first-order chi connectivity index (χ1) is 6.00. The molecule has 62 valence electrons. The Kier molecular flexibility index (Phi) is 4.70. The highest BCUT2D eigenvalue weighted by Crippen LogP contribution is 1.93. The van der Waals surface area contributed by atoms with Crippen LogP contribution in [-0.4, -0.2) is 0 Å². The second-order valence-corrected chi connectivity index (χ2v) is 2.57. The van der Waals surface area contributed by atoms with E-state index in [2.05, 4.69) is 36.5 Å². The van der Waals surface area contributed by atoms with Crippen LogP contribution in [0, 0.1) is 0 Å². The van der Waals surface area contributed by atoms with Crippen LogP contribution in [0.25, 0.3) is 0 Å². The van der Waals surface area contributed by atoms with Crippen LogP contribution in [0.5, 0.6) is 0 Å². The lowest BCUT2D eigenvalue weighted by Gasteiger charge is -1.83. The van der Waals surface area contributed by atoms with Gasteiger partial charge in [0.25, 0.3) is 0 Å². The fraction of sp³-hybridized carbons (Fsp3) is 0.167. The maximum atomic E-state index is 2.18. The highest BCUT2D eigenvalue weighted by Gasteiger charge is 1.72. The normalized spacial score (nSPS) is 28.0. The van der Waals surface area contributed by atoms with Gasteiger partial charge in [-0.25, -0.2) is 0 Å². The molecule has 0 aromatic rings. The molecule has 1 aliphatic rings. The molecule has 0 radical (unpaired) electrons. The maximum absolute atomic E-state index is 2.18. The van der Waals surface area contributed by atoms with Crippen LogP contribution in [0.3, 0.4) is 0 Å². The lowest BCUT2D eigenvalue weighted by molar-refractivity contribution is 1.31. The second kappa shape index (κ2) is 6.41. The van der Waals surface area contributed by atoms with Crippen LogP contribution in [0.4, 0.5) is 0 Å². The summed E-state index contributed by atoms with van der Waals surface area (Å²) in [5, 5.41) is 0. The predicted molar refractivity (Wildman–Crippen MR) is 54.9 cm³/mol. The van der Waals surface area contributed by atoms with Gasteiger partial charge in [-0.05, 0) is 12.8 Å². The molecule has 1 rings (SSSR count). The van der Waals surface area contributed by atoms with Gasteiger partial charge in [0.2, 0.25) is 0 Å². The van der Waals surface area contributed by atoms with Crippen molar-refractivity contribution in [1.29, 1.82) is 0 Å². The van der Waals surface area contributed by atoms with E-state index in [9.17, 15) is 0 Å². The number of allylic oxidation sites excluding steroid dienone is 10. The number of rotatable bonds is 0. The first-order valence-corrected chi connectivity index (χ1v) is 4.30. The van der Waals surface area contributed by atoms with Gasteiger partial charge in [-0.15, -0.1) is 0 Å². The zero-order valence-corrected chi connectivity index (χ0v) is 7.19. The zero-order valence-electron chi connectivity index (χ0n) is 7.19. The van der Waals surface area contributed by atoms with E-state index in [0.29, 0.717) is 0 Å². The first kappa shape index (κ1) is 8.79. The summed E-state index contributed by atoms with van der Waals surface area (Å²) in [7, 11) is 0. The average Bonchev–Trinajstić information content (AvgIpc) is 2.05. The third-order valence-electron chi connectivity index (χ3n) is 1.54. The Morgan fingerprint density at radius 1 is 0.417 bits per heavy atom. The van der Waals surface area contributed by atoms with Crippen molar-refractivity contribution in [2.24, 2.45) is 0 Å². The summed E-state index contributed by atoms with van der Waals surface area (Å²) in [4.78, 5) is 0. The minimum atomic E-state index is 1.03. The average molecular weight is 158 g/mol. The quantitative estimate of drug-likeness (QED) is 0.473. The summed E-state index contributed by atoms with van der Waals surface area (Å²) in [6.07, 6.45) is 23.0. The minimum Gasteiger partial charge on any atom is -0.0844 e. The third-order valence-corrected chi connectivity index (χ3v) is 1.54. The molecule has 0 spiro atoms. The fourth-order valence-electron chi connectivity index (χ4n) is 0.920. The van der Waals surface area contributed by atoms with Crippen molar-refractivity contribution in [3.05, 3.63) is 60.8 Å². The van der Waals surface area contributed by atoms with Crippen LogP contribution in [0.1, 0.15) is 12.8 Å². The largest absolute Gasteiger partial charge is 0.0844 e. The summed E-state index contributed by atoms with van der Waals surface area (Å²) in [6.45, 7) is 0. The molecular formula is C12H14. The van der Waals surface area contributed by atoms with Gasteiger partial charge in [0.15, 0.2) is 0 Å². The Balaban J connectivity index is 2.55. The molecular weight excluding hydrogens is 144 g/mol. The zero-order chi connectivity index (χ0) is 8.49. The van der Waals surface area contributed by atoms with Crippen molar-refractivity contribution in [1.82, 2.24) is 0 Å². The van der Waals surface area contributed by atoms with E-state index in [0.717, 1.165) is 12.8 Å². The molecule has 0 aliphatic heterocycles. The molecule has 1 aliphatic carbocycles. The van der Waals surface area contributed by atoms with Crippen LogP contribution < -0.4 is 0 Å². The topological polar surface area (TPSA) is 0 Å². The van der Waals surface area contributed by atoms with Gasteiger partial charge in [-0.2, -0.15) is 0 Å². The molecule has 0 heteroatoms. The lowest BCUT2D eigenvalue weighted by atomic mass is 10.2. The monoisotopic (exact) mass is 158 g/mol. The van der Waals surface area contributed by atoms with E-state index in [1.54, 1.807) is 0 Å². The van der Waals surface area contributed by atoms with E-state index in [1.165, 1.54) is 0 Å². The summed E-state index contributed by atoms with van der Waals surface area (Å²) in [5.74, 6) is 0. The Morgan fingerprint density at radius 2 is 0.833 bits per heavy atom. The van der Waals surface area contributed by atoms with Gasteiger partial charge < -0.3 is 0 Å². The maximum Gasteiger partial charge on any atom is -0.0166 e. The second-order valence-electron chi connectivity index (χ2n) is 2.57.